The second-order valence-electron chi connectivity index (χ2n) is 3.90. The van der Waals surface area contributed by atoms with Crippen molar-refractivity contribution in [1.29, 1.82) is 0 Å². The molecule has 2 rings (SSSR count). The maximum absolute atomic E-state index is 13.4. The fourth-order valence-corrected chi connectivity index (χ4v) is 1.69. The topological polar surface area (TPSA) is 35.5 Å². The van der Waals surface area contributed by atoms with Crippen LogP contribution in [-0.4, -0.2) is 13.4 Å². The Morgan fingerprint density at radius 3 is 2.63 bits per heavy atom. The molecule has 0 spiro atoms. The third kappa shape index (κ3) is 3.10. The SMILES string of the molecule is COc1cccc(OCc2cccc(F)c2C=O)c1. The van der Waals surface area contributed by atoms with Crippen LogP contribution in [0.1, 0.15) is 15.9 Å². The average Bonchev–Trinajstić information content (AvgIpc) is 2.45. The van der Waals surface area contributed by atoms with Crippen molar-refractivity contribution < 1.29 is 18.7 Å². The van der Waals surface area contributed by atoms with Crippen molar-refractivity contribution in [2.24, 2.45) is 0 Å². The molecule has 0 amide bonds. The van der Waals surface area contributed by atoms with E-state index in [4.69, 9.17) is 9.47 Å². The first-order valence-corrected chi connectivity index (χ1v) is 5.74. The number of hydrogen-bond acceptors (Lipinski definition) is 3. The van der Waals surface area contributed by atoms with Gasteiger partial charge in [0, 0.05) is 11.6 Å². The van der Waals surface area contributed by atoms with Gasteiger partial charge in [0.15, 0.2) is 6.29 Å². The Bertz CT molecular complexity index is 581. The van der Waals surface area contributed by atoms with E-state index in [1.807, 2.05) is 0 Å². The Hall–Kier alpha value is -2.36. The van der Waals surface area contributed by atoms with E-state index in [1.54, 1.807) is 43.5 Å². The molecule has 19 heavy (non-hydrogen) atoms. The van der Waals surface area contributed by atoms with Crippen molar-refractivity contribution in [3.05, 3.63) is 59.4 Å². The number of carbonyl (C=O) groups excluding carboxylic acids is 1. The first-order chi connectivity index (χ1) is 9.24. The summed E-state index contributed by atoms with van der Waals surface area (Å²) >= 11 is 0. The molecule has 0 aromatic heterocycles. The highest BCUT2D eigenvalue weighted by Gasteiger charge is 2.08. The Kier molecular flexibility index (Phi) is 4.13. The molecule has 0 atom stereocenters. The average molecular weight is 260 g/mol. The number of aldehydes is 1. The minimum Gasteiger partial charge on any atom is -0.497 e. The van der Waals surface area contributed by atoms with Crippen LogP contribution in [0.15, 0.2) is 42.5 Å². The molecule has 0 aliphatic heterocycles. The molecule has 0 fully saturated rings. The quantitative estimate of drug-likeness (QED) is 0.774. The number of carbonyl (C=O) groups is 1. The van der Waals surface area contributed by atoms with E-state index in [0.29, 0.717) is 23.3 Å². The van der Waals surface area contributed by atoms with Crippen molar-refractivity contribution in [3.63, 3.8) is 0 Å². The lowest BCUT2D eigenvalue weighted by molar-refractivity contribution is 0.111. The Morgan fingerprint density at radius 2 is 1.89 bits per heavy atom. The molecule has 2 aromatic carbocycles. The second kappa shape index (κ2) is 6.00. The lowest BCUT2D eigenvalue weighted by atomic mass is 10.1. The van der Waals surface area contributed by atoms with Gasteiger partial charge in [-0.05, 0) is 18.2 Å². The fourth-order valence-electron chi connectivity index (χ4n) is 1.69. The van der Waals surface area contributed by atoms with Gasteiger partial charge in [0.1, 0.15) is 23.9 Å². The molecular formula is C15H13FO3. The summed E-state index contributed by atoms with van der Waals surface area (Å²) in [5.74, 6) is 0.731. The van der Waals surface area contributed by atoms with Gasteiger partial charge in [-0.2, -0.15) is 0 Å². The van der Waals surface area contributed by atoms with Crippen LogP contribution in [0.3, 0.4) is 0 Å². The molecule has 0 saturated carbocycles. The standard InChI is InChI=1S/C15H13FO3/c1-18-12-5-3-6-13(8-12)19-10-11-4-2-7-15(16)14(11)9-17/h2-9H,10H2,1H3. The maximum Gasteiger partial charge on any atom is 0.153 e. The van der Waals surface area contributed by atoms with Crippen molar-refractivity contribution in [1.82, 2.24) is 0 Å². The molecular weight excluding hydrogens is 247 g/mol. The Labute approximate surface area is 110 Å². The molecule has 0 unspecified atom stereocenters. The summed E-state index contributed by atoms with van der Waals surface area (Å²) in [5.41, 5.74) is 0.545. The summed E-state index contributed by atoms with van der Waals surface area (Å²) in [6.45, 7) is 0.124. The predicted molar refractivity (Wildman–Crippen MR) is 69.1 cm³/mol. The van der Waals surface area contributed by atoms with Crippen LogP contribution in [0.2, 0.25) is 0 Å². The summed E-state index contributed by atoms with van der Waals surface area (Å²) < 4.78 is 24.0. The molecule has 0 saturated heterocycles. The molecule has 0 radical (unpaired) electrons. The molecule has 0 aliphatic carbocycles. The van der Waals surface area contributed by atoms with Crippen LogP contribution in [0.4, 0.5) is 4.39 Å². The molecule has 2 aromatic rings. The minimum atomic E-state index is -0.540. The van der Waals surface area contributed by atoms with Gasteiger partial charge in [0.2, 0.25) is 0 Å². The molecule has 4 heteroatoms. The van der Waals surface area contributed by atoms with Crippen molar-refractivity contribution in [2.75, 3.05) is 7.11 Å². The highest BCUT2D eigenvalue weighted by Crippen LogP contribution is 2.21. The third-order valence-electron chi connectivity index (χ3n) is 2.70. The van der Waals surface area contributed by atoms with E-state index in [1.165, 1.54) is 6.07 Å². The van der Waals surface area contributed by atoms with E-state index in [2.05, 4.69) is 0 Å². The van der Waals surface area contributed by atoms with Crippen LogP contribution in [0.5, 0.6) is 11.5 Å². The van der Waals surface area contributed by atoms with Crippen molar-refractivity contribution in [2.45, 2.75) is 6.61 Å². The van der Waals surface area contributed by atoms with Crippen LogP contribution in [0.25, 0.3) is 0 Å². The lowest BCUT2D eigenvalue weighted by Gasteiger charge is -2.09. The van der Waals surface area contributed by atoms with E-state index in [9.17, 15) is 9.18 Å². The van der Waals surface area contributed by atoms with Gasteiger partial charge < -0.3 is 9.47 Å². The normalized spacial score (nSPS) is 10.0. The molecule has 98 valence electrons. The smallest absolute Gasteiger partial charge is 0.153 e. The monoisotopic (exact) mass is 260 g/mol. The first-order valence-electron chi connectivity index (χ1n) is 5.74. The minimum absolute atomic E-state index is 0.0328. The van der Waals surface area contributed by atoms with Crippen LogP contribution >= 0.6 is 0 Å². The summed E-state index contributed by atoms with van der Waals surface area (Å²) in [6.07, 6.45) is 0.500. The maximum atomic E-state index is 13.4. The van der Waals surface area contributed by atoms with Gasteiger partial charge in [-0.3, -0.25) is 4.79 Å². The van der Waals surface area contributed by atoms with Gasteiger partial charge >= 0.3 is 0 Å². The zero-order valence-electron chi connectivity index (χ0n) is 10.4. The van der Waals surface area contributed by atoms with Crippen LogP contribution < -0.4 is 9.47 Å². The highest BCUT2D eigenvalue weighted by molar-refractivity contribution is 5.77. The zero-order valence-corrected chi connectivity index (χ0v) is 10.4. The number of hydrogen-bond donors (Lipinski definition) is 0. The van der Waals surface area contributed by atoms with Gasteiger partial charge in [0.25, 0.3) is 0 Å². The van der Waals surface area contributed by atoms with Gasteiger partial charge in [-0.15, -0.1) is 0 Å². The van der Waals surface area contributed by atoms with Crippen LogP contribution in [0, 0.1) is 5.82 Å². The first kappa shape index (κ1) is 13.1. The molecule has 0 heterocycles. The highest BCUT2D eigenvalue weighted by atomic mass is 19.1. The molecule has 0 bridgehead atoms. The van der Waals surface area contributed by atoms with Crippen molar-refractivity contribution >= 4 is 6.29 Å². The lowest BCUT2D eigenvalue weighted by Crippen LogP contribution is -2.02. The number of benzene rings is 2. The molecule has 0 aliphatic rings. The predicted octanol–water partition coefficient (Wildman–Crippen LogP) is 3.23. The number of rotatable bonds is 5. The van der Waals surface area contributed by atoms with Gasteiger partial charge in [-0.1, -0.05) is 18.2 Å². The Morgan fingerprint density at radius 1 is 1.16 bits per heavy atom. The molecule has 0 N–H and O–H groups in total. The van der Waals surface area contributed by atoms with E-state index in [0.717, 1.165) is 0 Å². The Balaban J connectivity index is 2.14. The largest absolute Gasteiger partial charge is 0.497 e. The summed E-state index contributed by atoms with van der Waals surface area (Å²) in [5, 5.41) is 0. The second-order valence-corrected chi connectivity index (χ2v) is 3.90. The summed E-state index contributed by atoms with van der Waals surface area (Å²) in [4.78, 5) is 10.8. The zero-order chi connectivity index (χ0) is 13.7. The summed E-state index contributed by atoms with van der Waals surface area (Å²) in [6, 6.07) is 11.5. The fraction of sp³-hybridized carbons (Fsp3) is 0.133. The molecule has 3 nitrogen and oxygen atoms in total. The van der Waals surface area contributed by atoms with E-state index < -0.39 is 5.82 Å². The van der Waals surface area contributed by atoms with E-state index >= 15 is 0 Å². The van der Waals surface area contributed by atoms with Gasteiger partial charge in [-0.25, -0.2) is 4.39 Å². The van der Waals surface area contributed by atoms with Crippen molar-refractivity contribution in [3.8, 4) is 11.5 Å². The third-order valence-corrected chi connectivity index (χ3v) is 2.70. The number of ether oxygens (including phenoxy) is 2. The summed E-state index contributed by atoms with van der Waals surface area (Å²) in [7, 11) is 1.57. The number of halogens is 1. The van der Waals surface area contributed by atoms with Gasteiger partial charge in [0.05, 0.1) is 12.7 Å². The van der Waals surface area contributed by atoms with Crippen LogP contribution in [-0.2, 0) is 6.61 Å². The number of methoxy groups -OCH3 is 1. The van der Waals surface area contributed by atoms with E-state index in [-0.39, 0.29) is 12.2 Å².